The summed E-state index contributed by atoms with van der Waals surface area (Å²) >= 11 is 0. The van der Waals surface area contributed by atoms with Crippen molar-refractivity contribution in [3.63, 3.8) is 0 Å². The predicted octanol–water partition coefficient (Wildman–Crippen LogP) is 1.73. The van der Waals surface area contributed by atoms with Crippen LogP contribution in [-0.2, 0) is 4.74 Å². The number of ether oxygens (including phenoxy) is 1. The van der Waals surface area contributed by atoms with Crippen LogP contribution in [0.4, 0.5) is 0 Å². The Labute approximate surface area is 95.2 Å². The lowest BCUT2D eigenvalue weighted by atomic mass is 10.2. The molecule has 0 aromatic carbocycles. The van der Waals surface area contributed by atoms with Gasteiger partial charge in [-0.25, -0.2) is 0 Å². The molecular formula is C12H28N2O. The molecule has 1 N–H and O–H groups in total. The van der Waals surface area contributed by atoms with Crippen LogP contribution < -0.4 is 5.32 Å². The molecule has 3 nitrogen and oxygen atoms in total. The quantitative estimate of drug-likeness (QED) is 0.563. The number of methoxy groups -OCH3 is 1. The van der Waals surface area contributed by atoms with Gasteiger partial charge in [-0.1, -0.05) is 13.8 Å². The van der Waals surface area contributed by atoms with E-state index in [-0.39, 0.29) is 0 Å². The molecule has 0 aliphatic rings. The van der Waals surface area contributed by atoms with Gasteiger partial charge in [0.1, 0.15) is 0 Å². The minimum absolute atomic E-state index is 0.590. The van der Waals surface area contributed by atoms with Crippen LogP contribution in [0.15, 0.2) is 0 Å². The van der Waals surface area contributed by atoms with Gasteiger partial charge in [-0.05, 0) is 39.4 Å². The summed E-state index contributed by atoms with van der Waals surface area (Å²) in [6, 6.07) is 0.590. The number of nitrogens with zero attached hydrogens (tertiary/aromatic N) is 1. The molecule has 0 aromatic rings. The fraction of sp³-hybridized carbons (Fsp3) is 1.00. The summed E-state index contributed by atoms with van der Waals surface area (Å²) in [7, 11) is 1.76. The van der Waals surface area contributed by atoms with E-state index in [1.807, 2.05) is 0 Å². The number of hydrogen-bond donors (Lipinski definition) is 1. The van der Waals surface area contributed by atoms with Crippen molar-refractivity contribution in [2.75, 3.05) is 39.9 Å². The monoisotopic (exact) mass is 216 g/mol. The average molecular weight is 216 g/mol. The summed E-state index contributed by atoms with van der Waals surface area (Å²) in [5.74, 6) is 0. The number of rotatable bonds is 10. The third kappa shape index (κ3) is 8.85. The van der Waals surface area contributed by atoms with Gasteiger partial charge < -0.3 is 15.0 Å². The number of nitrogens with one attached hydrogen (secondary N) is 1. The molecule has 92 valence electrons. The Morgan fingerprint density at radius 3 is 2.40 bits per heavy atom. The Kier molecular flexibility index (Phi) is 10.3. The minimum atomic E-state index is 0.590. The van der Waals surface area contributed by atoms with Crippen LogP contribution in [0.5, 0.6) is 0 Å². The van der Waals surface area contributed by atoms with Crippen molar-refractivity contribution in [2.45, 2.75) is 39.7 Å². The summed E-state index contributed by atoms with van der Waals surface area (Å²) in [6.07, 6.45) is 2.36. The highest BCUT2D eigenvalue weighted by molar-refractivity contribution is 4.65. The van der Waals surface area contributed by atoms with Crippen molar-refractivity contribution in [3.8, 4) is 0 Å². The largest absolute Gasteiger partial charge is 0.385 e. The first-order valence-electron chi connectivity index (χ1n) is 6.19. The molecule has 0 saturated carbocycles. The Morgan fingerprint density at radius 1 is 1.20 bits per heavy atom. The second-order valence-electron chi connectivity index (χ2n) is 4.04. The van der Waals surface area contributed by atoms with Gasteiger partial charge >= 0.3 is 0 Å². The van der Waals surface area contributed by atoms with Gasteiger partial charge in [-0.3, -0.25) is 0 Å². The summed E-state index contributed by atoms with van der Waals surface area (Å²) < 4.78 is 5.01. The van der Waals surface area contributed by atoms with Gasteiger partial charge in [0.2, 0.25) is 0 Å². The fourth-order valence-electron chi connectivity index (χ4n) is 1.65. The molecule has 0 amide bonds. The zero-order chi connectivity index (χ0) is 11.5. The van der Waals surface area contributed by atoms with Gasteiger partial charge in [0.15, 0.2) is 0 Å². The highest BCUT2D eigenvalue weighted by Crippen LogP contribution is 1.93. The summed E-state index contributed by atoms with van der Waals surface area (Å²) in [5, 5.41) is 3.54. The normalized spacial score (nSPS) is 13.4. The highest BCUT2D eigenvalue weighted by atomic mass is 16.5. The summed E-state index contributed by atoms with van der Waals surface area (Å²) in [5.41, 5.74) is 0. The molecular weight excluding hydrogens is 188 g/mol. The zero-order valence-electron chi connectivity index (χ0n) is 10.9. The maximum Gasteiger partial charge on any atom is 0.0462 e. The first kappa shape index (κ1) is 14.9. The maximum absolute atomic E-state index is 5.01. The third-order valence-electron chi connectivity index (χ3n) is 2.69. The second-order valence-corrected chi connectivity index (χ2v) is 4.04. The second kappa shape index (κ2) is 10.4. The van der Waals surface area contributed by atoms with Gasteiger partial charge in [-0.15, -0.1) is 0 Å². The number of likely N-dealkylation sites (N-methyl/N-ethyl adjacent to an activating group) is 1. The van der Waals surface area contributed by atoms with Crippen molar-refractivity contribution in [3.05, 3.63) is 0 Å². The van der Waals surface area contributed by atoms with Crippen LogP contribution in [0, 0.1) is 0 Å². The summed E-state index contributed by atoms with van der Waals surface area (Å²) in [6.45, 7) is 12.1. The standard InChI is InChI=1S/C12H28N2O/c1-5-14(6-2)11-12(3)13-9-7-8-10-15-4/h12-13H,5-11H2,1-4H3. The molecule has 15 heavy (non-hydrogen) atoms. The predicted molar refractivity (Wildman–Crippen MR) is 66.4 cm³/mol. The van der Waals surface area contributed by atoms with Crippen molar-refractivity contribution in [2.24, 2.45) is 0 Å². The van der Waals surface area contributed by atoms with Crippen molar-refractivity contribution >= 4 is 0 Å². The lowest BCUT2D eigenvalue weighted by Crippen LogP contribution is -2.39. The van der Waals surface area contributed by atoms with E-state index in [9.17, 15) is 0 Å². The Balaban J connectivity index is 3.35. The van der Waals surface area contributed by atoms with Crippen LogP contribution in [0.2, 0.25) is 0 Å². The molecule has 1 atom stereocenters. The molecule has 0 aliphatic heterocycles. The molecule has 0 fully saturated rings. The molecule has 0 spiro atoms. The molecule has 3 heteroatoms. The fourth-order valence-corrected chi connectivity index (χ4v) is 1.65. The van der Waals surface area contributed by atoms with E-state index in [1.165, 1.54) is 6.42 Å². The van der Waals surface area contributed by atoms with E-state index in [0.29, 0.717) is 6.04 Å². The van der Waals surface area contributed by atoms with Crippen molar-refractivity contribution in [1.82, 2.24) is 10.2 Å². The smallest absolute Gasteiger partial charge is 0.0462 e. The first-order valence-corrected chi connectivity index (χ1v) is 6.19. The lowest BCUT2D eigenvalue weighted by molar-refractivity contribution is 0.191. The van der Waals surface area contributed by atoms with Crippen LogP contribution in [0.1, 0.15) is 33.6 Å². The zero-order valence-corrected chi connectivity index (χ0v) is 10.9. The van der Waals surface area contributed by atoms with Crippen LogP contribution in [0.3, 0.4) is 0 Å². The first-order chi connectivity index (χ1) is 7.24. The van der Waals surface area contributed by atoms with Crippen LogP contribution in [-0.4, -0.2) is 50.8 Å². The highest BCUT2D eigenvalue weighted by Gasteiger charge is 2.05. The topological polar surface area (TPSA) is 24.5 Å². The van der Waals surface area contributed by atoms with Crippen molar-refractivity contribution in [1.29, 1.82) is 0 Å². The van der Waals surface area contributed by atoms with Gasteiger partial charge in [0.05, 0.1) is 0 Å². The molecule has 0 aromatic heterocycles. The molecule has 0 bridgehead atoms. The molecule has 1 unspecified atom stereocenters. The molecule has 0 rings (SSSR count). The van der Waals surface area contributed by atoms with E-state index < -0.39 is 0 Å². The number of hydrogen-bond acceptors (Lipinski definition) is 3. The van der Waals surface area contributed by atoms with Gasteiger partial charge in [0.25, 0.3) is 0 Å². The SMILES string of the molecule is CCN(CC)CC(C)NCCCCOC. The Morgan fingerprint density at radius 2 is 1.87 bits per heavy atom. The Bertz CT molecular complexity index is 127. The van der Waals surface area contributed by atoms with E-state index in [0.717, 1.165) is 39.2 Å². The molecule has 0 heterocycles. The van der Waals surface area contributed by atoms with Gasteiger partial charge in [0, 0.05) is 26.3 Å². The van der Waals surface area contributed by atoms with Crippen molar-refractivity contribution < 1.29 is 4.74 Å². The minimum Gasteiger partial charge on any atom is -0.385 e. The lowest BCUT2D eigenvalue weighted by Gasteiger charge is -2.23. The van der Waals surface area contributed by atoms with Crippen LogP contribution >= 0.6 is 0 Å². The molecule has 0 radical (unpaired) electrons. The Hall–Kier alpha value is -0.120. The molecule has 0 saturated heterocycles. The van der Waals surface area contributed by atoms with E-state index in [2.05, 4.69) is 31.0 Å². The van der Waals surface area contributed by atoms with Crippen LogP contribution in [0.25, 0.3) is 0 Å². The third-order valence-corrected chi connectivity index (χ3v) is 2.69. The number of unbranched alkanes of at least 4 members (excludes halogenated alkanes) is 1. The van der Waals surface area contributed by atoms with E-state index >= 15 is 0 Å². The van der Waals surface area contributed by atoms with E-state index in [4.69, 9.17) is 4.74 Å². The average Bonchev–Trinajstić information content (AvgIpc) is 2.25. The van der Waals surface area contributed by atoms with Gasteiger partial charge in [-0.2, -0.15) is 0 Å². The maximum atomic E-state index is 5.01. The molecule has 0 aliphatic carbocycles. The van der Waals surface area contributed by atoms with E-state index in [1.54, 1.807) is 7.11 Å². The summed E-state index contributed by atoms with van der Waals surface area (Å²) in [4.78, 5) is 2.45.